The number of amidine groups is 1. The van der Waals surface area contributed by atoms with Gasteiger partial charge in [0.2, 0.25) is 5.88 Å². The summed E-state index contributed by atoms with van der Waals surface area (Å²) in [6.45, 7) is 4.79. The third-order valence-electron chi connectivity index (χ3n) is 5.82. The molecule has 0 spiro atoms. The predicted molar refractivity (Wildman–Crippen MR) is 117 cm³/mol. The normalized spacial score (nSPS) is 28.2. The van der Waals surface area contributed by atoms with E-state index in [4.69, 9.17) is 20.2 Å². The molecule has 1 fully saturated rings. The van der Waals surface area contributed by atoms with Gasteiger partial charge in [0.05, 0.1) is 32.2 Å². The van der Waals surface area contributed by atoms with Crippen molar-refractivity contribution in [2.45, 2.75) is 31.9 Å². The van der Waals surface area contributed by atoms with Crippen LogP contribution in [0, 0.1) is 5.41 Å². The van der Waals surface area contributed by atoms with Crippen LogP contribution in [-0.2, 0) is 10.3 Å². The number of nitrogens with zero attached hydrogens (tertiary/aromatic N) is 3. The number of anilines is 1. The largest absolute Gasteiger partial charge is 0.480 e. The van der Waals surface area contributed by atoms with E-state index < -0.39 is 5.54 Å². The van der Waals surface area contributed by atoms with Gasteiger partial charge in [-0.3, -0.25) is 4.79 Å². The van der Waals surface area contributed by atoms with Gasteiger partial charge in [-0.25, -0.2) is 15.0 Å². The number of nitrogens with one attached hydrogen (secondary N) is 1. The Labute approximate surface area is 179 Å². The van der Waals surface area contributed by atoms with Crippen LogP contribution in [0.1, 0.15) is 36.3 Å². The van der Waals surface area contributed by atoms with E-state index in [-0.39, 0.29) is 23.1 Å². The topological polar surface area (TPSA) is 112 Å². The summed E-state index contributed by atoms with van der Waals surface area (Å²) in [6.07, 6.45) is 3.84. The van der Waals surface area contributed by atoms with Gasteiger partial charge < -0.3 is 20.5 Å². The molecular formula is C21H25N5O3S. The molecule has 1 amide bonds. The van der Waals surface area contributed by atoms with Crippen LogP contribution in [0.4, 0.5) is 5.69 Å². The molecule has 2 aliphatic heterocycles. The molecule has 0 bridgehead atoms. The number of methoxy groups -OCH3 is 1. The molecule has 8 nitrogen and oxygen atoms in total. The SMILES string of the molecule is COc1cnc(C(=O)Nc2cccc([C@]34CO[C@@H](C)C[C@@]3(C)CSC(N)=N4)c2)cn1. The number of carbonyl (C=O) groups is 1. The zero-order valence-electron chi connectivity index (χ0n) is 17.2. The molecule has 4 rings (SSSR count). The summed E-state index contributed by atoms with van der Waals surface area (Å²) in [5, 5.41) is 3.46. The fourth-order valence-electron chi connectivity index (χ4n) is 4.18. The molecule has 0 unspecified atom stereocenters. The van der Waals surface area contributed by atoms with Crippen LogP contribution in [0.15, 0.2) is 41.7 Å². The molecule has 3 heterocycles. The number of fused-ring (bicyclic) bond motifs is 1. The molecular weight excluding hydrogens is 402 g/mol. The van der Waals surface area contributed by atoms with Gasteiger partial charge in [-0.15, -0.1) is 0 Å². The second kappa shape index (κ2) is 7.88. The summed E-state index contributed by atoms with van der Waals surface area (Å²) >= 11 is 1.59. The molecule has 2 aliphatic rings. The maximum atomic E-state index is 12.6. The minimum Gasteiger partial charge on any atom is -0.480 e. The molecule has 1 aromatic heterocycles. The monoisotopic (exact) mass is 427 g/mol. The van der Waals surface area contributed by atoms with Crippen LogP contribution in [0.2, 0.25) is 0 Å². The second-order valence-electron chi connectivity index (χ2n) is 7.96. The third kappa shape index (κ3) is 3.63. The first-order chi connectivity index (χ1) is 14.3. The number of amides is 1. The van der Waals surface area contributed by atoms with Crippen LogP contribution < -0.4 is 15.8 Å². The maximum absolute atomic E-state index is 12.6. The molecule has 0 radical (unpaired) electrons. The number of nitrogens with two attached hydrogens (primary N) is 1. The predicted octanol–water partition coefficient (Wildman–Crippen LogP) is 2.81. The molecule has 2 aromatic rings. The Kier molecular flexibility index (Phi) is 5.42. The second-order valence-corrected chi connectivity index (χ2v) is 8.96. The van der Waals surface area contributed by atoms with Crippen molar-refractivity contribution in [2.24, 2.45) is 16.1 Å². The molecule has 30 heavy (non-hydrogen) atoms. The summed E-state index contributed by atoms with van der Waals surface area (Å²) < 4.78 is 11.0. The van der Waals surface area contributed by atoms with Gasteiger partial charge in [0, 0.05) is 16.9 Å². The van der Waals surface area contributed by atoms with Crippen molar-refractivity contribution in [2.75, 3.05) is 24.8 Å². The van der Waals surface area contributed by atoms with Crippen LogP contribution in [0.25, 0.3) is 0 Å². The van der Waals surface area contributed by atoms with E-state index in [2.05, 4.69) is 29.1 Å². The van der Waals surface area contributed by atoms with Gasteiger partial charge in [0.25, 0.3) is 5.91 Å². The zero-order chi connectivity index (χ0) is 21.4. The number of benzene rings is 1. The number of rotatable bonds is 4. The highest BCUT2D eigenvalue weighted by Gasteiger charge is 2.55. The van der Waals surface area contributed by atoms with E-state index in [1.807, 2.05) is 24.3 Å². The highest BCUT2D eigenvalue weighted by atomic mass is 32.2. The van der Waals surface area contributed by atoms with Crippen molar-refractivity contribution in [1.29, 1.82) is 0 Å². The standard InChI is InChI=1S/C21H25N5O3S/c1-13-8-20(2)12-30-19(22)26-21(20,11-29-13)14-5-4-6-15(7-14)25-18(27)16-9-24-17(28-3)10-23-16/h4-7,9-10,13H,8,11-12H2,1-3H3,(H2,22,26)(H,25,27)/t13-,20-,21+/m0/s1. The van der Waals surface area contributed by atoms with Gasteiger partial charge in [0.15, 0.2) is 5.17 Å². The maximum Gasteiger partial charge on any atom is 0.275 e. The van der Waals surface area contributed by atoms with Crippen molar-refractivity contribution in [3.8, 4) is 5.88 Å². The van der Waals surface area contributed by atoms with E-state index >= 15 is 0 Å². The van der Waals surface area contributed by atoms with E-state index in [0.29, 0.717) is 23.3 Å². The molecule has 3 N–H and O–H groups in total. The van der Waals surface area contributed by atoms with E-state index in [0.717, 1.165) is 17.7 Å². The quantitative estimate of drug-likeness (QED) is 0.772. The molecule has 3 atom stereocenters. The number of aliphatic imine (C=N–C) groups is 1. The minimum atomic E-state index is -0.588. The molecule has 0 aliphatic carbocycles. The Bertz CT molecular complexity index is 983. The summed E-state index contributed by atoms with van der Waals surface area (Å²) in [6, 6.07) is 7.71. The summed E-state index contributed by atoms with van der Waals surface area (Å²) in [7, 11) is 1.50. The van der Waals surface area contributed by atoms with Gasteiger partial charge in [-0.05, 0) is 31.0 Å². The fraction of sp³-hybridized carbons (Fsp3) is 0.429. The number of hydrogen-bond acceptors (Lipinski definition) is 8. The van der Waals surface area contributed by atoms with Crippen LogP contribution in [0.3, 0.4) is 0 Å². The first-order valence-electron chi connectivity index (χ1n) is 9.73. The van der Waals surface area contributed by atoms with Crippen molar-refractivity contribution in [3.63, 3.8) is 0 Å². The smallest absolute Gasteiger partial charge is 0.275 e. The number of thioether (sulfide) groups is 1. The van der Waals surface area contributed by atoms with E-state index in [1.165, 1.54) is 19.5 Å². The first-order valence-corrected chi connectivity index (χ1v) is 10.7. The number of ether oxygens (including phenoxy) is 2. The third-order valence-corrected chi connectivity index (χ3v) is 6.99. The number of carbonyl (C=O) groups excluding carboxylic acids is 1. The van der Waals surface area contributed by atoms with Crippen LogP contribution in [0.5, 0.6) is 5.88 Å². The Hall–Kier alpha value is -2.65. The summed E-state index contributed by atoms with van der Waals surface area (Å²) in [4.78, 5) is 25.6. The highest BCUT2D eigenvalue weighted by Crippen LogP contribution is 2.54. The Balaban J connectivity index is 1.65. The Morgan fingerprint density at radius 1 is 1.37 bits per heavy atom. The lowest BCUT2D eigenvalue weighted by Crippen LogP contribution is -2.56. The zero-order valence-corrected chi connectivity index (χ0v) is 18.0. The van der Waals surface area contributed by atoms with E-state index in [9.17, 15) is 4.79 Å². The molecule has 158 valence electrons. The highest BCUT2D eigenvalue weighted by molar-refractivity contribution is 8.13. The van der Waals surface area contributed by atoms with Crippen molar-refractivity contribution < 1.29 is 14.3 Å². The van der Waals surface area contributed by atoms with Gasteiger partial charge in [-0.2, -0.15) is 0 Å². The van der Waals surface area contributed by atoms with Gasteiger partial charge in [0.1, 0.15) is 11.2 Å². The Morgan fingerprint density at radius 3 is 2.93 bits per heavy atom. The molecule has 9 heteroatoms. The van der Waals surface area contributed by atoms with Gasteiger partial charge in [-0.1, -0.05) is 30.8 Å². The lowest BCUT2D eigenvalue weighted by molar-refractivity contribution is -0.0861. The Morgan fingerprint density at radius 2 is 2.20 bits per heavy atom. The average Bonchev–Trinajstić information content (AvgIpc) is 2.74. The first kappa shape index (κ1) is 20.6. The average molecular weight is 428 g/mol. The number of aromatic nitrogens is 2. The van der Waals surface area contributed by atoms with Crippen LogP contribution in [-0.4, -0.2) is 46.6 Å². The lowest BCUT2D eigenvalue weighted by atomic mass is 9.64. The molecule has 0 saturated carbocycles. The summed E-state index contributed by atoms with van der Waals surface area (Å²) in [5.41, 5.74) is 7.27. The molecule has 1 saturated heterocycles. The van der Waals surface area contributed by atoms with Crippen LogP contribution >= 0.6 is 11.8 Å². The summed E-state index contributed by atoms with van der Waals surface area (Å²) in [5.74, 6) is 0.871. The molecule has 1 aromatic carbocycles. The number of hydrogen-bond donors (Lipinski definition) is 2. The minimum absolute atomic E-state index is 0.109. The fourth-order valence-corrected chi connectivity index (χ4v) is 5.23. The van der Waals surface area contributed by atoms with Crippen molar-refractivity contribution in [3.05, 3.63) is 47.9 Å². The van der Waals surface area contributed by atoms with Crippen molar-refractivity contribution >= 4 is 28.5 Å². The van der Waals surface area contributed by atoms with Gasteiger partial charge >= 0.3 is 0 Å². The lowest BCUT2D eigenvalue weighted by Gasteiger charge is -2.53. The van der Waals surface area contributed by atoms with Crippen molar-refractivity contribution in [1.82, 2.24) is 9.97 Å². The van der Waals surface area contributed by atoms with E-state index in [1.54, 1.807) is 11.8 Å².